The molecule has 0 radical (unpaired) electrons. The lowest BCUT2D eigenvalue weighted by Crippen LogP contribution is -2.45. The van der Waals surface area contributed by atoms with Crippen molar-refractivity contribution in [2.45, 2.75) is 32.2 Å². The first kappa shape index (κ1) is 15.6. The van der Waals surface area contributed by atoms with Gasteiger partial charge in [-0.3, -0.25) is 4.79 Å². The van der Waals surface area contributed by atoms with Crippen LogP contribution >= 0.6 is 0 Å². The summed E-state index contributed by atoms with van der Waals surface area (Å²) in [5.74, 6) is 0.0917. The summed E-state index contributed by atoms with van der Waals surface area (Å²) < 4.78 is 5.07. The zero-order chi connectivity index (χ0) is 15.2. The molecule has 1 heterocycles. The summed E-state index contributed by atoms with van der Waals surface area (Å²) >= 11 is 0. The maximum Gasteiger partial charge on any atom is 0.257 e. The van der Waals surface area contributed by atoms with Crippen molar-refractivity contribution in [1.29, 1.82) is 0 Å². The number of amides is 1. The highest BCUT2D eigenvalue weighted by atomic mass is 16.5. The number of piperidine rings is 1. The summed E-state index contributed by atoms with van der Waals surface area (Å²) in [5, 5.41) is 13.6. The van der Waals surface area contributed by atoms with E-state index in [-0.39, 0.29) is 11.7 Å². The van der Waals surface area contributed by atoms with Crippen LogP contribution in [0.4, 0.5) is 0 Å². The summed E-state index contributed by atoms with van der Waals surface area (Å²) in [6.07, 6.45) is 3.49. The van der Waals surface area contributed by atoms with Gasteiger partial charge in [-0.1, -0.05) is 12.5 Å². The zero-order valence-corrected chi connectivity index (χ0v) is 12.8. The molecule has 1 amide bonds. The van der Waals surface area contributed by atoms with Gasteiger partial charge in [0.1, 0.15) is 0 Å². The predicted octanol–water partition coefficient (Wildman–Crippen LogP) is 2.01. The first-order chi connectivity index (χ1) is 10.2. The van der Waals surface area contributed by atoms with Crippen LogP contribution in [0.2, 0.25) is 0 Å². The Morgan fingerprint density at radius 3 is 2.90 bits per heavy atom. The van der Waals surface area contributed by atoms with Gasteiger partial charge in [-0.15, -0.1) is 0 Å². The molecule has 21 heavy (non-hydrogen) atoms. The van der Waals surface area contributed by atoms with Crippen LogP contribution in [0.3, 0.4) is 0 Å². The highest BCUT2D eigenvalue weighted by molar-refractivity contribution is 5.97. The highest BCUT2D eigenvalue weighted by Crippen LogP contribution is 2.30. The van der Waals surface area contributed by atoms with Crippen molar-refractivity contribution in [2.75, 3.05) is 26.7 Å². The van der Waals surface area contributed by atoms with Crippen molar-refractivity contribution in [2.24, 2.45) is 0 Å². The number of hydrogen-bond acceptors (Lipinski definition) is 4. The molecule has 1 atom stereocenters. The summed E-state index contributed by atoms with van der Waals surface area (Å²) in [5.41, 5.74) is 0.298. The predicted molar refractivity (Wildman–Crippen MR) is 81.9 cm³/mol. The van der Waals surface area contributed by atoms with Gasteiger partial charge >= 0.3 is 0 Å². The lowest BCUT2D eigenvalue weighted by atomic mass is 10.0. The van der Waals surface area contributed by atoms with Crippen molar-refractivity contribution in [3.8, 4) is 11.5 Å². The Kier molecular flexibility index (Phi) is 5.44. The van der Waals surface area contributed by atoms with Crippen molar-refractivity contribution in [1.82, 2.24) is 10.2 Å². The number of nitrogens with one attached hydrogen (secondary N) is 1. The maximum atomic E-state index is 12.6. The fraction of sp³-hybridized carbons (Fsp3) is 0.562. The Labute approximate surface area is 125 Å². The van der Waals surface area contributed by atoms with E-state index in [1.807, 2.05) is 6.92 Å². The second-order valence-corrected chi connectivity index (χ2v) is 5.35. The molecule has 1 aliphatic rings. The summed E-state index contributed by atoms with van der Waals surface area (Å²) in [4.78, 5) is 14.4. The Morgan fingerprint density at radius 2 is 2.29 bits per heavy atom. The van der Waals surface area contributed by atoms with Crippen LogP contribution in [-0.2, 0) is 0 Å². The van der Waals surface area contributed by atoms with E-state index in [1.54, 1.807) is 23.1 Å². The smallest absolute Gasteiger partial charge is 0.257 e. The molecule has 1 aliphatic heterocycles. The van der Waals surface area contributed by atoms with E-state index in [0.717, 1.165) is 13.0 Å². The van der Waals surface area contributed by atoms with Gasteiger partial charge in [0.15, 0.2) is 11.5 Å². The number of carbonyl (C=O) groups excluding carboxylic acids is 1. The largest absolute Gasteiger partial charge is 0.504 e. The first-order valence-corrected chi connectivity index (χ1v) is 7.56. The van der Waals surface area contributed by atoms with Crippen LogP contribution in [-0.4, -0.2) is 48.7 Å². The highest BCUT2D eigenvalue weighted by Gasteiger charge is 2.23. The third-order valence-electron chi connectivity index (χ3n) is 3.97. The molecule has 1 aromatic rings. The first-order valence-electron chi connectivity index (χ1n) is 7.56. The van der Waals surface area contributed by atoms with Crippen LogP contribution in [0.5, 0.6) is 11.5 Å². The number of methoxy groups -OCH3 is 1. The van der Waals surface area contributed by atoms with Gasteiger partial charge in [0, 0.05) is 19.1 Å². The average molecular weight is 292 g/mol. The van der Waals surface area contributed by atoms with E-state index in [1.165, 1.54) is 20.0 Å². The number of likely N-dealkylation sites (N-methyl/N-ethyl adjacent to an activating group) is 1. The van der Waals surface area contributed by atoms with Gasteiger partial charge in [-0.2, -0.15) is 0 Å². The number of ether oxygens (including phenoxy) is 1. The van der Waals surface area contributed by atoms with Gasteiger partial charge in [-0.05, 0) is 38.4 Å². The number of phenols is 1. The Balaban J connectivity index is 2.12. The molecule has 0 saturated carbocycles. The van der Waals surface area contributed by atoms with Gasteiger partial charge in [0.05, 0.1) is 12.7 Å². The van der Waals surface area contributed by atoms with Crippen LogP contribution < -0.4 is 10.1 Å². The Hall–Kier alpha value is -1.75. The van der Waals surface area contributed by atoms with E-state index in [9.17, 15) is 9.90 Å². The van der Waals surface area contributed by atoms with Gasteiger partial charge in [0.2, 0.25) is 0 Å². The number of nitrogens with zero attached hydrogens (tertiary/aromatic N) is 1. The number of benzene rings is 1. The topological polar surface area (TPSA) is 61.8 Å². The number of hydrogen-bond donors (Lipinski definition) is 2. The van der Waals surface area contributed by atoms with E-state index in [4.69, 9.17) is 4.74 Å². The molecular formula is C16H24N2O3. The summed E-state index contributed by atoms with van der Waals surface area (Å²) in [7, 11) is 1.48. The van der Waals surface area contributed by atoms with E-state index in [0.29, 0.717) is 30.4 Å². The average Bonchev–Trinajstić information content (AvgIpc) is 2.53. The minimum absolute atomic E-state index is 0.0833. The SMILES string of the molecule is CCN(CC1CCCCN1)C(=O)c1cccc(OC)c1O. The minimum atomic E-state index is -0.152. The number of phenolic OH excluding ortho intramolecular Hbond substituents is 1. The van der Waals surface area contributed by atoms with Crippen LogP contribution in [0.1, 0.15) is 36.5 Å². The zero-order valence-electron chi connectivity index (χ0n) is 12.8. The van der Waals surface area contributed by atoms with Crippen molar-refractivity contribution >= 4 is 5.91 Å². The summed E-state index contributed by atoms with van der Waals surface area (Å²) in [6, 6.07) is 5.34. The molecule has 2 N–H and O–H groups in total. The fourth-order valence-corrected chi connectivity index (χ4v) is 2.73. The van der Waals surface area contributed by atoms with Gasteiger partial charge in [-0.25, -0.2) is 0 Å². The standard InChI is InChI=1S/C16H24N2O3/c1-3-18(11-12-7-4-5-10-17-12)16(20)13-8-6-9-14(21-2)15(13)19/h6,8-9,12,17,19H,3-5,7,10-11H2,1-2H3. The van der Waals surface area contributed by atoms with Gasteiger partial charge < -0.3 is 20.1 Å². The minimum Gasteiger partial charge on any atom is -0.504 e. The second-order valence-electron chi connectivity index (χ2n) is 5.35. The molecule has 1 unspecified atom stereocenters. The molecule has 1 aromatic carbocycles. The quantitative estimate of drug-likeness (QED) is 0.871. The van der Waals surface area contributed by atoms with Crippen molar-refractivity contribution < 1.29 is 14.6 Å². The number of para-hydroxylation sites is 1. The van der Waals surface area contributed by atoms with E-state index < -0.39 is 0 Å². The molecule has 0 bridgehead atoms. The molecule has 1 saturated heterocycles. The summed E-state index contributed by atoms with van der Waals surface area (Å²) in [6.45, 7) is 4.26. The monoisotopic (exact) mass is 292 g/mol. The molecule has 2 rings (SSSR count). The number of aromatic hydroxyl groups is 1. The lowest BCUT2D eigenvalue weighted by molar-refractivity contribution is 0.0738. The maximum absolute atomic E-state index is 12.6. The molecule has 0 aliphatic carbocycles. The molecule has 116 valence electrons. The van der Waals surface area contributed by atoms with Crippen molar-refractivity contribution in [3.05, 3.63) is 23.8 Å². The molecule has 5 heteroatoms. The van der Waals surface area contributed by atoms with Crippen LogP contribution in [0, 0.1) is 0 Å². The Bertz CT molecular complexity index is 484. The third kappa shape index (κ3) is 3.67. The second kappa shape index (κ2) is 7.31. The van der Waals surface area contributed by atoms with Crippen LogP contribution in [0.25, 0.3) is 0 Å². The lowest BCUT2D eigenvalue weighted by Gasteiger charge is -2.30. The molecule has 0 aromatic heterocycles. The van der Waals surface area contributed by atoms with Crippen LogP contribution in [0.15, 0.2) is 18.2 Å². The fourth-order valence-electron chi connectivity index (χ4n) is 2.73. The number of rotatable bonds is 5. The van der Waals surface area contributed by atoms with E-state index in [2.05, 4.69) is 5.32 Å². The Morgan fingerprint density at radius 1 is 1.48 bits per heavy atom. The normalized spacial score (nSPS) is 18.3. The third-order valence-corrected chi connectivity index (χ3v) is 3.97. The van der Waals surface area contributed by atoms with E-state index >= 15 is 0 Å². The molecule has 0 spiro atoms. The molecule has 1 fully saturated rings. The van der Waals surface area contributed by atoms with Gasteiger partial charge in [0.25, 0.3) is 5.91 Å². The number of carbonyl (C=O) groups is 1. The molecular weight excluding hydrogens is 268 g/mol. The van der Waals surface area contributed by atoms with Crippen molar-refractivity contribution in [3.63, 3.8) is 0 Å². The molecule has 5 nitrogen and oxygen atoms in total.